The molecule has 1 saturated heterocycles. The average molecular weight is 297 g/mol. The molecule has 0 unspecified atom stereocenters. The van der Waals surface area contributed by atoms with Gasteiger partial charge in [0.1, 0.15) is 5.15 Å². The molecule has 4 nitrogen and oxygen atoms in total. The Balaban J connectivity index is 2.19. The van der Waals surface area contributed by atoms with Crippen LogP contribution < -0.4 is 0 Å². The Morgan fingerprint density at radius 3 is 2.65 bits per heavy atom. The number of amides is 1. The number of halogens is 1. The van der Waals surface area contributed by atoms with Crippen LogP contribution in [0.25, 0.3) is 0 Å². The van der Waals surface area contributed by atoms with Crippen molar-refractivity contribution in [2.75, 3.05) is 20.3 Å². The summed E-state index contributed by atoms with van der Waals surface area (Å²) in [4.78, 5) is 18.6. The zero-order valence-corrected chi connectivity index (χ0v) is 13.0. The molecule has 2 heterocycles. The predicted octanol–water partition coefficient (Wildman–Crippen LogP) is 3.11. The number of aromatic nitrogens is 1. The number of nitrogens with zero attached hydrogens (tertiary/aromatic N) is 2. The standard InChI is InChI=1S/C15H21ClN2O2/c1-10(2)13-8-11(9-14(16)17-13)15(19)18(3)12-4-6-20-7-5-12/h8-10,12H,4-7H2,1-3H3. The van der Waals surface area contributed by atoms with E-state index in [1.54, 1.807) is 11.0 Å². The van der Waals surface area contributed by atoms with Crippen LogP contribution in [0.4, 0.5) is 0 Å². The van der Waals surface area contributed by atoms with Crippen LogP contribution in [-0.4, -0.2) is 42.1 Å². The molecule has 0 spiro atoms. The maximum atomic E-state index is 12.6. The molecular weight excluding hydrogens is 276 g/mol. The third-order valence-corrected chi connectivity index (χ3v) is 3.90. The molecule has 0 aliphatic carbocycles. The van der Waals surface area contributed by atoms with Gasteiger partial charge in [0.25, 0.3) is 5.91 Å². The van der Waals surface area contributed by atoms with E-state index < -0.39 is 0 Å². The molecule has 0 N–H and O–H groups in total. The molecule has 1 fully saturated rings. The summed E-state index contributed by atoms with van der Waals surface area (Å²) in [5.41, 5.74) is 1.46. The van der Waals surface area contributed by atoms with Crippen molar-refractivity contribution in [1.82, 2.24) is 9.88 Å². The van der Waals surface area contributed by atoms with Crippen molar-refractivity contribution in [2.45, 2.75) is 38.6 Å². The van der Waals surface area contributed by atoms with Gasteiger partial charge in [0, 0.05) is 37.6 Å². The Kier molecular flexibility index (Phi) is 5.00. The van der Waals surface area contributed by atoms with E-state index in [-0.39, 0.29) is 17.9 Å². The lowest BCUT2D eigenvalue weighted by atomic mass is 10.0. The summed E-state index contributed by atoms with van der Waals surface area (Å²) < 4.78 is 5.34. The lowest BCUT2D eigenvalue weighted by Gasteiger charge is -2.31. The Bertz CT molecular complexity index is 485. The minimum Gasteiger partial charge on any atom is -0.381 e. The van der Waals surface area contributed by atoms with Crippen LogP contribution in [0.3, 0.4) is 0 Å². The molecule has 0 radical (unpaired) electrons. The van der Waals surface area contributed by atoms with Crippen LogP contribution in [-0.2, 0) is 4.74 Å². The first-order valence-electron chi connectivity index (χ1n) is 7.01. The number of carbonyl (C=O) groups is 1. The molecule has 1 aliphatic heterocycles. The van der Waals surface area contributed by atoms with E-state index in [1.165, 1.54) is 0 Å². The summed E-state index contributed by atoms with van der Waals surface area (Å²) >= 11 is 6.03. The maximum Gasteiger partial charge on any atom is 0.254 e. The van der Waals surface area contributed by atoms with Crippen molar-refractivity contribution in [1.29, 1.82) is 0 Å². The monoisotopic (exact) mass is 296 g/mol. The third-order valence-electron chi connectivity index (χ3n) is 3.71. The molecule has 1 amide bonds. The maximum absolute atomic E-state index is 12.6. The zero-order valence-electron chi connectivity index (χ0n) is 12.2. The zero-order chi connectivity index (χ0) is 14.7. The van der Waals surface area contributed by atoms with Gasteiger partial charge in [-0.25, -0.2) is 4.98 Å². The second-order valence-electron chi connectivity index (χ2n) is 5.52. The molecule has 1 aliphatic rings. The largest absolute Gasteiger partial charge is 0.381 e. The fraction of sp³-hybridized carbons (Fsp3) is 0.600. The van der Waals surface area contributed by atoms with Gasteiger partial charge in [0.2, 0.25) is 0 Å². The first kappa shape index (κ1) is 15.3. The number of pyridine rings is 1. The van der Waals surface area contributed by atoms with Gasteiger partial charge in [-0.05, 0) is 30.9 Å². The first-order chi connectivity index (χ1) is 9.49. The highest BCUT2D eigenvalue weighted by molar-refractivity contribution is 6.29. The summed E-state index contributed by atoms with van der Waals surface area (Å²) in [5.74, 6) is 0.247. The van der Waals surface area contributed by atoms with Crippen LogP contribution in [0.2, 0.25) is 5.15 Å². The van der Waals surface area contributed by atoms with Crippen LogP contribution in [0.15, 0.2) is 12.1 Å². The highest BCUT2D eigenvalue weighted by Gasteiger charge is 2.24. The van der Waals surface area contributed by atoms with E-state index in [4.69, 9.17) is 16.3 Å². The molecule has 0 saturated carbocycles. The molecule has 1 aromatic heterocycles. The fourth-order valence-electron chi connectivity index (χ4n) is 2.38. The lowest BCUT2D eigenvalue weighted by molar-refractivity contribution is 0.0362. The Hall–Kier alpha value is -1.13. The minimum absolute atomic E-state index is 0.00287. The van der Waals surface area contributed by atoms with Gasteiger partial charge < -0.3 is 9.64 Å². The third kappa shape index (κ3) is 3.49. The van der Waals surface area contributed by atoms with E-state index in [1.807, 2.05) is 27.0 Å². The van der Waals surface area contributed by atoms with Crippen molar-refractivity contribution in [3.8, 4) is 0 Å². The molecule has 2 rings (SSSR count). The second-order valence-corrected chi connectivity index (χ2v) is 5.90. The number of carbonyl (C=O) groups excluding carboxylic acids is 1. The summed E-state index contributed by atoms with van der Waals surface area (Å²) in [7, 11) is 1.85. The topological polar surface area (TPSA) is 42.4 Å². The Morgan fingerprint density at radius 2 is 2.05 bits per heavy atom. The predicted molar refractivity (Wildman–Crippen MR) is 79.3 cm³/mol. The first-order valence-corrected chi connectivity index (χ1v) is 7.39. The fourth-order valence-corrected chi connectivity index (χ4v) is 2.59. The summed E-state index contributed by atoms with van der Waals surface area (Å²) in [6.45, 7) is 5.51. The van der Waals surface area contributed by atoms with Gasteiger partial charge in [-0.2, -0.15) is 0 Å². The number of hydrogen-bond acceptors (Lipinski definition) is 3. The second kappa shape index (κ2) is 6.55. The molecule has 5 heteroatoms. The molecule has 20 heavy (non-hydrogen) atoms. The van der Waals surface area contributed by atoms with Crippen LogP contribution in [0, 0.1) is 0 Å². The number of rotatable bonds is 3. The van der Waals surface area contributed by atoms with Crippen LogP contribution >= 0.6 is 11.6 Å². The van der Waals surface area contributed by atoms with Crippen molar-refractivity contribution < 1.29 is 9.53 Å². The van der Waals surface area contributed by atoms with Gasteiger partial charge in [-0.15, -0.1) is 0 Å². The number of ether oxygens (including phenoxy) is 1. The molecule has 1 aromatic rings. The Labute approximate surface area is 125 Å². The minimum atomic E-state index is 0.00287. The molecule has 110 valence electrons. The van der Waals surface area contributed by atoms with E-state index in [0.29, 0.717) is 10.7 Å². The van der Waals surface area contributed by atoms with E-state index in [9.17, 15) is 4.79 Å². The molecule has 0 aromatic carbocycles. The lowest BCUT2D eigenvalue weighted by Crippen LogP contribution is -2.40. The van der Waals surface area contributed by atoms with Gasteiger partial charge in [-0.3, -0.25) is 4.79 Å². The van der Waals surface area contributed by atoms with Crippen molar-refractivity contribution >= 4 is 17.5 Å². The molecule has 0 atom stereocenters. The smallest absolute Gasteiger partial charge is 0.254 e. The van der Waals surface area contributed by atoms with Crippen molar-refractivity contribution in [2.24, 2.45) is 0 Å². The van der Waals surface area contributed by atoms with Gasteiger partial charge in [0.05, 0.1) is 0 Å². The highest BCUT2D eigenvalue weighted by Crippen LogP contribution is 2.21. The van der Waals surface area contributed by atoms with Crippen molar-refractivity contribution in [3.63, 3.8) is 0 Å². The van der Waals surface area contributed by atoms with E-state index in [0.717, 1.165) is 31.7 Å². The van der Waals surface area contributed by atoms with Gasteiger partial charge in [0.15, 0.2) is 0 Å². The molecule has 0 bridgehead atoms. The van der Waals surface area contributed by atoms with E-state index >= 15 is 0 Å². The Morgan fingerprint density at radius 1 is 1.40 bits per heavy atom. The van der Waals surface area contributed by atoms with Crippen LogP contribution in [0.5, 0.6) is 0 Å². The van der Waals surface area contributed by atoms with Gasteiger partial charge >= 0.3 is 0 Å². The SMILES string of the molecule is CC(C)c1cc(C(=O)N(C)C2CCOCC2)cc(Cl)n1. The highest BCUT2D eigenvalue weighted by atomic mass is 35.5. The normalized spacial score (nSPS) is 16.4. The summed E-state index contributed by atoms with van der Waals surface area (Å²) in [6.07, 6.45) is 1.77. The van der Waals surface area contributed by atoms with Crippen LogP contribution in [0.1, 0.15) is 48.7 Å². The summed E-state index contributed by atoms with van der Waals surface area (Å²) in [6, 6.07) is 3.73. The number of hydrogen-bond donors (Lipinski definition) is 0. The summed E-state index contributed by atoms with van der Waals surface area (Å²) in [5, 5.41) is 0.375. The van der Waals surface area contributed by atoms with Gasteiger partial charge in [-0.1, -0.05) is 25.4 Å². The quantitative estimate of drug-likeness (QED) is 0.805. The average Bonchev–Trinajstić information content (AvgIpc) is 2.46. The van der Waals surface area contributed by atoms with E-state index in [2.05, 4.69) is 4.98 Å². The van der Waals surface area contributed by atoms with Crippen molar-refractivity contribution in [3.05, 3.63) is 28.5 Å². The molecular formula is C15H21ClN2O2.